The number of carbonyl (C=O) groups is 1. The van der Waals surface area contributed by atoms with Crippen molar-refractivity contribution in [2.45, 2.75) is 6.92 Å². The third-order valence-corrected chi connectivity index (χ3v) is 4.16. The molecule has 1 aromatic carbocycles. The minimum absolute atomic E-state index is 0.408. The number of benzene rings is 1. The van der Waals surface area contributed by atoms with E-state index in [-0.39, 0.29) is 0 Å². The van der Waals surface area contributed by atoms with Gasteiger partial charge in [0.15, 0.2) is 0 Å². The van der Waals surface area contributed by atoms with Crippen LogP contribution in [0.5, 0.6) is 0 Å². The summed E-state index contributed by atoms with van der Waals surface area (Å²) >= 11 is 2.20. The lowest BCUT2D eigenvalue weighted by molar-refractivity contribution is 0.0696. The zero-order chi connectivity index (χ0) is 12.4. The first kappa shape index (κ1) is 12.6. The Hall–Kier alpha value is -0.820. The number of carboxylic acids is 1. The normalized spacial score (nSPS) is 16.0. The lowest BCUT2D eigenvalue weighted by Crippen LogP contribution is -2.43. The van der Waals surface area contributed by atoms with Gasteiger partial charge in [0.1, 0.15) is 0 Å². The van der Waals surface area contributed by atoms with Crippen molar-refractivity contribution in [1.82, 2.24) is 5.32 Å². The molecule has 0 aromatic heterocycles. The maximum absolute atomic E-state index is 11.2. The Balaban J connectivity index is 2.37. The molecule has 0 saturated carbocycles. The SMILES string of the molecule is Cc1c(I)cc(N2CCNCC2)cc1C(=O)O. The largest absolute Gasteiger partial charge is 0.478 e. The summed E-state index contributed by atoms with van der Waals surface area (Å²) in [6.07, 6.45) is 0. The molecule has 1 aromatic rings. The Bertz CT molecular complexity index is 442. The molecular weight excluding hydrogens is 331 g/mol. The van der Waals surface area contributed by atoms with Gasteiger partial charge >= 0.3 is 5.97 Å². The third kappa shape index (κ3) is 2.71. The molecule has 0 radical (unpaired) electrons. The van der Waals surface area contributed by atoms with Crippen LogP contribution in [0.2, 0.25) is 0 Å². The van der Waals surface area contributed by atoms with Crippen LogP contribution in [0.25, 0.3) is 0 Å². The van der Waals surface area contributed by atoms with Crippen molar-refractivity contribution < 1.29 is 9.90 Å². The summed E-state index contributed by atoms with van der Waals surface area (Å²) in [7, 11) is 0. The smallest absolute Gasteiger partial charge is 0.336 e. The molecule has 2 N–H and O–H groups in total. The number of nitrogens with zero attached hydrogens (tertiary/aromatic N) is 1. The van der Waals surface area contributed by atoms with E-state index in [1.54, 1.807) is 6.07 Å². The molecule has 5 heteroatoms. The minimum Gasteiger partial charge on any atom is -0.478 e. The Labute approximate surface area is 114 Å². The minimum atomic E-state index is -0.850. The summed E-state index contributed by atoms with van der Waals surface area (Å²) in [5.74, 6) is -0.850. The van der Waals surface area contributed by atoms with Crippen LogP contribution in [-0.4, -0.2) is 37.3 Å². The molecule has 1 heterocycles. The first-order valence-corrected chi connectivity index (χ1v) is 6.66. The number of hydrogen-bond donors (Lipinski definition) is 2. The second-order valence-corrected chi connectivity index (χ2v) is 5.30. The average Bonchev–Trinajstić information content (AvgIpc) is 2.33. The quantitative estimate of drug-likeness (QED) is 0.801. The average molecular weight is 346 g/mol. The van der Waals surface area contributed by atoms with E-state index in [1.165, 1.54) is 0 Å². The van der Waals surface area contributed by atoms with E-state index in [0.29, 0.717) is 5.56 Å². The molecule has 4 nitrogen and oxygen atoms in total. The summed E-state index contributed by atoms with van der Waals surface area (Å²) < 4.78 is 1.01. The molecule has 0 aliphatic carbocycles. The highest BCUT2D eigenvalue weighted by atomic mass is 127. The molecule has 17 heavy (non-hydrogen) atoms. The van der Waals surface area contributed by atoms with Gasteiger partial charge in [0, 0.05) is 35.4 Å². The van der Waals surface area contributed by atoms with Gasteiger partial charge < -0.3 is 15.3 Å². The van der Waals surface area contributed by atoms with Crippen molar-refractivity contribution in [3.63, 3.8) is 0 Å². The summed E-state index contributed by atoms with van der Waals surface area (Å²) in [5, 5.41) is 12.5. The van der Waals surface area contributed by atoms with Crippen molar-refractivity contribution in [3.8, 4) is 0 Å². The predicted molar refractivity (Wildman–Crippen MR) is 75.9 cm³/mol. The van der Waals surface area contributed by atoms with Crippen molar-refractivity contribution in [2.24, 2.45) is 0 Å². The van der Waals surface area contributed by atoms with Gasteiger partial charge in [0.05, 0.1) is 5.56 Å². The van der Waals surface area contributed by atoms with Crippen LogP contribution in [0, 0.1) is 10.5 Å². The monoisotopic (exact) mass is 346 g/mol. The third-order valence-electron chi connectivity index (χ3n) is 3.04. The molecule has 1 aliphatic heterocycles. The van der Waals surface area contributed by atoms with Gasteiger partial charge in [-0.2, -0.15) is 0 Å². The molecule has 92 valence electrons. The first-order valence-electron chi connectivity index (χ1n) is 5.58. The van der Waals surface area contributed by atoms with E-state index in [1.807, 2.05) is 6.92 Å². The maximum Gasteiger partial charge on any atom is 0.336 e. The van der Waals surface area contributed by atoms with Crippen molar-refractivity contribution in [3.05, 3.63) is 26.8 Å². The fourth-order valence-electron chi connectivity index (χ4n) is 1.99. The molecule has 0 atom stereocenters. The summed E-state index contributed by atoms with van der Waals surface area (Å²) in [6, 6.07) is 3.85. The van der Waals surface area contributed by atoms with E-state index in [4.69, 9.17) is 0 Å². The molecular formula is C12H15IN2O2. The summed E-state index contributed by atoms with van der Waals surface area (Å²) in [5.41, 5.74) is 2.27. The number of carboxylic acid groups (broad SMARTS) is 1. The number of halogens is 1. The fourth-order valence-corrected chi connectivity index (χ4v) is 2.60. The van der Waals surface area contributed by atoms with E-state index in [2.05, 4.69) is 38.9 Å². The van der Waals surface area contributed by atoms with Crippen LogP contribution < -0.4 is 10.2 Å². The highest BCUT2D eigenvalue weighted by Gasteiger charge is 2.16. The van der Waals surface area contributed by atoms with Gasteiger partial charge in [-0.25, -0.2) is 4.79 Å². The van der Waals surface area contributed by atoms with Gasteiger partial charge in [0.25, 0.3) is 0 Å². The van der Waals surface area contributed by atoms with Crippen LogP contribution in [0.1, 0.15) is 15.9 Å². The highest BCUT2D eigenvalue weighted by molar-refractivity contribution is 14.1. The number of hydrogen-bond acceptors (Lipinski definition) is 3. The molecule has 1 aliphatic rings. The van der Waals surface area contributed by atoms with Gasteiger partial charge in [-0.15, -0.1) is 0 Å². The van der Waals surface area contributed by atoms with Gasteiger partial charge in [0.2, 0.25) is 0 Å². The molecule has 1 saturated heterocycles. The Morgan fingerprint density at radius 1 is 1.41 bits per heavy atom. The van der Waals surface area contributed by atoms with E-state index in [0.717, 1.165) is 41.0 Å². The zero-order valence-electron chi connectivity index (χ0n) is 9.66. The molecule has 0 amide bonds. The molecule has 2 rings (SSSR count). The van der Waals surface area contributed by atoms with Crippen molar-refractivity contribution in [1.29, 1.82) is 0 Å². The molecule has 0 bridgehead atoms. The van der Waals surface area contributed by atoms with Gasteiger partial charge in [-0.05, 0) is 47.2 Å². The van der Waals surface area contributed by atoms with Crippen LogP contribution >= 0.6 is 22.6 Å². The van der Waals surface area contributed by atoms with Crippen molar-refractivity contribution >= 4 is 34.2 Å². The highest BCUT2D eigenvalue weighted by Crippen LogP contribution is 2.25. The van der Waals surface area contributed by atoms with Crippen LogP contribution in [0.15, 0.2) is 12.1 Å². The lowest BCUT2D eigenvalue weighted by atomic mass is 10.1. The van der Waals surface area contributed by atoms with Gasteiger partial charge in [-0.1, -0.05) is 0 Å². The number of piperazine rings is 1. The second-order valence-electron chi connectivity index (χ2n) is 4.14. The zero-order valence-corrected chi connectivity index (χ0v) is 11.8. The lowest BCUT2D eigenvalue weighted by Gasteiger charge is -2.30. The molecule has 0 unspecified atom stereocenters. The molecule has 1 fully saturated rings. The summed E-state index contributed by atoms with van der Waals surface area (Å²) in [4.78, 5) is 13.4. The standard InChI is InChI=1S/C12H15IN2O2/c1-8-10(12(16)17)6-9(7-11(8)13)15-4-2-14-3-5-15/h6-7,14H,2-5H2,1H3,(H,16,17). The van der Waals surface area contributed by atoms with Crippen LogP contribution in [0.4, 0.5) is 5.69 Å². The topological polar surface area (TPSA) is 52.6 Å². The number of nitrogens with one attached hydrogen (secondary N) is 1. The first-order chi connectivity index (χ1) is 8.09. The molecule has 0 spiro atoms. The van der Waals surface area contributed by atoms with E-state index < -0.39 is 5.97 Å². The van der Waals surface area contributed by atoms with Crippen molar-refractivity contribution in [2.75, 3.05) is 31.1 Å². The Morgan fingerprint density at radius 3 is 2.65 bits per heavy atom. The van der Waals surface area contributed by atoms with Gasteiger partial charge in [-0.3, -0.25) is 0 Å². The predicted octanol–water partition coefficient (Wildman–Crippen LogP) is 1.71. The van der Waals surface area contributed by atoms with Crippen LogP contribution in [0.3, 0.4) is 0 Å². The number of rotatable bonds is 2. The van der Waals surface area contributed by atoms with E-state index in [9.17, 15) is 9.90 Å². The van der Waals surface area contributed by atoms with Crippen LogP contribution in [-0.2, 0) is 0 Å². The Morgan fingerprint density at radius 2 is 2.06 bits per heavy atom. The van der Waals surface area contributed by atoms with E-state index >= 15 is 0 Å². The second kappa shape index (κ2) is 5.22. The maximum atomic E-state index is 11.2. The number of anilines is 1. The Kier molecular flexibility index (Phi) is 3.88. The fraction of sp³-hybridized carbons (Fsp3) is 0.417. The number of aromatic carboxylic acids is 1. The summed E-state index contributed by atoms with van der Waals surface area (Å²) in [6.45, 7) is 5.61.